The average Bonchev–Trinajstić information content (AvgIpc) is 3.34. The number of carbonyl (C=O) groups is 2. The molecule has 140 valence electrons. The van der Waals surface area contributed by atoms with E-state index in [1.54, 1.807) is 42.8 Å². The first kappa shape index (κ1) is 19.2. The highest BCUT2D eigenvalue weighted by molar-refractivity contribution is 7.23. The zero-order valence-corrected chi connectivity index (χ0v) is 16.5. The first-order valence-electron chi connectivity index (χ1n) is 7.73. The molecule has 10 heteroatoms. The molecule has 0 aliphatic carbocycles. The molecule has 0 aliphatic rings. The van der Waals surface area contributed by atoms with Gasteiger partial charge in [0.25, 0.3) is 11.8 Å². The lowest BCUT2D eigenvalue weighted by Crippen LogP contribution is -2.44. The number of ether oxygens (including phenoxy) is 1. The minimum atomic E-state index is -0.488. The summed E-state index contributed by atoms with van der Waals surface area (Å²) in [4.78, 5) is 29.1. The molecule has 2 aromatic heterocycles. The number of anilines is 1. The molecule has 2 heterocycles. The number of thiazole rings is 1. The van der Waals surface area contributed by atoms with Gasteiger partial charge in [-0.2, -0.15) is 0 Å². The van der Waals surface area contributed by atoms with E-state index in [1.165, 1.54) is 22.7 Å². The van der Waals surface area contributed by atoms with Crippen molar-refractivity contribution in [2.75, 3.05) is 19.0 Å². The number of hydrogen-bond acceptors (Lipinski definition) is 7. The molecule has 0 saturated carbocycles. The molecule has 0 bridgehead atoms. The summed E-state index contributed by atoms with van der Waals surface area (Å²) in [5, 5.41) is 5.27. The summed E-state index contributed by atoms with van der Waals surface area (Å²) in [6, 6.07) is 10.8. The number of amides is 2. The van der Waals surface area contributed by atoms with E-state index in [2.05, 4.69) is 21.2 Å². The zero-order chi connectivity index (χ0) is 19.2. The second-order valence-electron chi connectivity index (χ2n) is 5.23. The third kappa shape index (κ3) is 5.19. The minimum Gasteiger partial charge on any atom is -0.497 e. The fraction of sp³-hybridized carbons (Fsp3) is 0.118. The number of nitrogens with zero attached hydrogens (tertiary/aromatic N) is 1. The maximum Gasteiger partial charge on any atom is 0.289 e. The minimum absolute atomic E-state index is 0.00260. The van der Waals surface area contributed by atoms with Gasteiger partial charge >= 0.3 is 0 Å². The highest BCUT2D eigenvalue weighted by Gasteiger charge is 2.13. The number of rotatable bonds is 6. The standard InChI is InChI=1S/C17H15ClN4O3S2/c1-25-11-4-2-10(3-5-11)19-8-15(23)21-22-16(24)12-9-26-17(20-12)13-6-7-14(18)27-13/h2-7,9,19H,8H2,1H3,(H,21,23)(H,22,24). The van der Waals surface area contributed by atoms with Crippen molar-refractivity contribution in [1.82, 2.24) is 15.8 Å². The summed E-state index contributed by atoms with van der Waals surface area (Å²) < 4.78 is 5.72. The van der Waals surface area contributed by atoms with Crippen LogP contribution >= 0.6 is 34.3 Å². The van der Waals surface area contributed by atoms with Crippen molar-refractivity contribution in [3.8, 4) is 15.6 Å². The number of hydrogen-bond donors (Lipinski definition) is 3. The van der Waals surface area contributed by atoms with Crippen molar-refractivity contribution in [2.24, 2.45) is 0 Å². The number of aromatic nitrogens is 1. The second kappa shape index (κ2) is 8.85. The predicted molar refractivity (Wildman–Crippen MR) is 108 cm³/mol. The van der Waals surface area contributed by atoms with E-state index in [0.717, 1.165) is 16.3 Å². The van der Waals surface area contributed by atoms with Gasteiger partial charge in [0, 0.05) is 11.1 Å². The summed E-state index contributed by atoms with van der Waals surface area (Å²) in [5.41, 5.74) is 5.68. The number of halogens is 1. The molecule has 2 amide bonds. The first-order valence-corrected chi connectivity index (χ1v) is 9.81. The Morgan fingerprint density at radius 1 is 1.15 bits per heavy atom. The molecule has 0 radical (unpaired) electrons. The van der Waals surface area contributed by atoms with Gasteiger partial charge < -0.3 is 10.1 Å². The number of methoxy groups -OCH3 is 1. The van der Waals surface area contributed by atoms with Crippen molar-refractivity contribution in [1.29, 1.82) is 0 Å². The maximum atomic E-state index is 12.1. The van der Waals surface area contributed by atoms with Gasteiger partial charge in [0.2, 0.25) is 0 Å². The summed E-state index contributed by atoms with van der Waals surface area (Å²) in [6.45, 7) is 0.00260. The summed E-state index contributed by atoms with van der Waals surface area (Å²) in [7, 11) is 1.58. The number of thiophene rings is 1. The summed E-state index contributed by atoms with van der Waals surface area (Å²) in [5.74, 6) is -0.151. The van der Waals surface area contributed by atoms with Crippen LogP contribution < -0.4 is 20.9 Å². The van der Waals surface area contributed by atoms with Crippen LogP contribution in [0.15, 0.2) is 41.8 Å². The molecule has 27 heavy (non-hydrogen) atoms. The molecule has 1 aromatic carbocycles. The van der Waals surface area contributed by atoms with Crippen LogP contribution in [-0.4, -0.2) is 30.5 Å². The number of carbonyl (C=O) groups excluding carboxylic acids is 2. The third-order valence-electron chi connectivity index (χ3n) is 3.38. The SMILES string of the molecule is COc1ccc(NCC(=O)NNC(=O)c2csc(-c3ccc(Cl)s3)n2)cc1. The van der Waals surface area contributed by atoms with Crippen LogP contribution in [-0.2, 0) is 4.79 Å². The van der Waals surface area contributed by atoms with Crippen LogP contribution in [0.4, 0.5) is 5.69 Å². The maximum absolute atomic E-state index is 12.1. The van der Waals surface area contributed by atoms with Crippen molar-refractivity contribution in [3.05, 3.63) is 51.8 Å². The highest BCUT2D eigenvalue weighted by Crippen LogP contribution is 2.32. The molecule has 0 fully saturated rings. The lowest BCUT2D eigenvalue weighted by molar-refractivity contribution is -0.120. The fourth-order valence-corrected chi connectivity index (χ4v) is 3.96. The molecule has 0 atom stereocenters. The Balaban J connectivity index is 1.47. The Kier molecular flexibility index (Phi) is 6.28. The lowest BCUT2D eigenvalue weighted by atomic mass is 10.3. The van der Waals surface area contributed by atoms with E-state index in [9.17, 15) is 9.59 Å². The topological polar surface area (TPSA) is 92.4 Å². The van der Waals surface area contributed by atoms with Gasteiger partial charge in [-0.3, -0.25) is 20.4 Å². The second-order valence-corrected chi connectivity index (χ2v) is 7.80. The van der Waals surface area contributed by atoms with E-state index in [-0.39, 0.29) is 18.1 Å². The molecule has 0 saturated heterocycles. The Bertz CT molecular complexity index is 940. The molecule has 3 rings (SSSR count). The summed E-state index contributed by atoms with van der Waals surface area (Å²) in [6.07, 6.45) is 0. The molecule has 0 spiro atoms. The third-order valence-corrected chi connectivity index (χ3v) is 5.62. The van der Waals surface area contributed by atoms with Crippen LogP contribution in [0.3, 0.4) is 0 Å². The molecule has 7 nitrogen and oxygen atoms in total. The van der Waals surface area contributed by atoms with Gasteiger partial charge in [-0.1, -0.05) is 11.6 Å². The monoisotopic (exact) mass is 422 g/mol. The van der Waals surface area contributed by atoms with Gasteiger partial charge in [-0.15, -0.1) is 22.7 Å². The van der Waals surface area contributed by atoms with Gasteiger partial charge in [0.05, 0.1) is 22.9 Å². The van der Waals surface area contributed by atoms with E-state index >= 15 is 0 Å². The fourth-order valence-electron chi connectivity index (χ4n) is 2.05. The molecular weight excluding hydrogens is 408 g/mol. The van der Waals surface area contributed by atoms with E-state index in [4.69, 9.17) is 16.3 Å². The van der Waals surface area contributed by atoms with Gasteiger partial charge in [-0.05, 0) is 36.4 Å². The molecule has 3 N–H and O–H groups in total. The number of nitrogens with one attached hydrogen (secondary N) is 3. The van der Waals surface area contributed by atoms with E-state index < -0.39 is 5.91 Å². The van der Waals surface area contributed by atoms with Crippen LogP contribution in [0, 0.1) is 0 Å². The largest absolute Gasteiger partial charge is 0.497 e. The van der Waals surface area contributed by atoms with Crippen molar-refractivity contribution in [3.63, 3.8) is 0 Å². The Hall–Kier alpha value is -2.62. The Labute approximate surface area is 168 Å². The average molecular weight is 423 g/mol. The smallest absolute Gasteiger partial charge is 0.289 e. The predicted octanol–water partition coefficient (Wildman–Crippen LogP) is 3.41. The van der Waals surface area contributed by atoms with Crippen molar-refractivity contribution >= 4 is 51.8 Å². The Morgan fingerprint density at radius 2 is 1.93 bits per heavy atom. The molecule has 0 aliphatic heterocycles. The van der Waals surface area contributed by atoms with Crippen LogP contribution in [0.5, 0.6) is 5.75 Å². The van der Waals surface area contributed by atoms with Crippen LogP contribution in [0.2, 0.25) is 4.34 Å². The van der Waals surface area contributed by atoms with Crippen molar-refractivity contribution in [2.45, 2.75) is 0 Å². The molecular formula is C17H15ClN4O3S2. The zero-order valence-electron chi connectivity index (χ0n) is 14.1. The van der Waals surface area contributed by atoms with Gasteiger partial charge in [0.15, 0.2) is 0 Å². The van der Waals surface area contributed by atoms with Crippen LogP contribution in [0.25, 0.3) is 9.88 Å². The van der Waals surface area contributed by atoms with Gasteiger partial charge in [-0.25, -0.2) is 4.98 Å². The van der Waals surface area contributed by atoms with Crippen molar-refractivity contribution < 1.29 is 14.3 Å². The summed E-state index contributed by atoms with van der Waals surface area (Å²) >= 11 is 8.63. The van der Waals surface area contributed by atoms with Gasteiger partial charge in [0.1, 0.15) is 16.5 Å². The first-order chi connectivity index (χ1) is 13.0. The van der Waals surface area contributed by atoms with E-state index in [1.807, 2.05) is 6.07 Å². The Morgan fingerprint density at radius 3 is 2.59 bits per heavy atom. The van der Waals surface area contributed by atoms with E-state index in [0.29, 0.717) is 9.34 Å². The lowest BCUT2D eigenvalue weighted by Gasteiger charge is -2.08. The number of benzene rings is 1. The quantitative estimate of drug-likeness (QED) is 0.529. The highest BCUT2D eigenvalue weighted by atomic mass is 35.5. The normalized spacial score (nSPS) is 10.3. The van der Waals surface area contributed by atoms with Crippen LogP contribution in [0.1, 0.15) is 10.5 Å². The molecule has 3 aromatic rings. The molecule has 0 unspecified atom stereocenters. The number of hydrazine groups is 1.